The third-order valence-electron chi connectivity index (χ3n) is 4.92. The lowest BCUT2D eigenvalue weighted by atomic mass is 10.1. The maximum atomic E-state index is 12.6. The fourth-order valence-electron chi connectivity index (χ4n) is 3.29. The molecule has 1 heterocycles. The number of nitrogens with zero attached hydrogens (tertiary/aromatic N) is 1. The third-order valence-corrected chi connectivity index (χ3v) is 4.92. The van der Waals surface area contributed by atoms with Gasteiger partial charge in [-0.1, -0.05) is 6.07 Å². The van der Waals surface area contributed by atoms with E-state index in [0.717, 1.165) is 10.5 Å². The molecule has 0 aliphatic carbocycles. The zero-order valence-electron chi connectivity index (χ0n) is 17.6. The van der Waals surface area contributed by atoms with Gasteiger partial charge in [-0.2, -0.15) is 0 Å². The molecule has 0 saturated carbocycles. The predicted molar refractivity (Wildman–Crippen MR) is 114 cm³/mol. The summed E-state index contributed by atoms with van der Waals surface area (Å²) in [5, 5.41) is 5.34. The number of ether oxygens (including phenoxy) is 3. The minimum absolute atomic E-state index is 0.136. The van der Waals surface area contributed by atoms with Crippen molar-refractivity contribution >= 4 is 23.5 Å². The van der Waals surface area contributed by atoms with Gasteiger partial charge in [-0.15, -0.1) is 0 Å². The van der Waals surface area contributed by atoms with E-state index in [1.807, 2.05) is 12.1 Å². The average Bonchev–Trinajstić information content (AvgIpc) is 3.06. The first-order valence-corrected chi connectivity index (χ1v) is 9.73. The maximum Gasteiger partial charge on any atom is 0.329 e. The number of carbonyl (C=O) groups excluding carboxylic acids is 3. The lowest BCUT2D eigenvalue weighted by Crippen LogP contribution is -2.37. The summed E-state index contributed by atoms with van der Waals surface area (Å²) in [7, 11) is 4.66. The molecule has 0 bridgehead atoms. The van der Waals surface area contributed by atoms with Gasteiger partial charge in [0.05, 0.1) is 33.4 Å². The molecule has 0 spiro atoms. The number of urea groups is 1. The number of amides is 4. The zero-order valence-corrected chi connectivity index (χ0v) is 17.6. The first kappa shape index (κ1) is 21.9. The van der Waals surface area contributed by atoms with E-state index in [1.54, 1.807) is 44.6 Å². The van der Waals surface area contributed by atoms with E-state index < -0.39 is 18.0 Å². The summed E-state index contributed by atoms with van der Waals surface area (Å²) in [5.74, 6) is 1.07. The summed E-state index contributed by atoms with van der Waals surface area (Å²) in [6, 6.07) is 10.6. The van der Waals surface area contributed by atoms with Gasteiger partial charge in [0.15, 0.2) is 11.5 Å². The number of carbonyl (C=O) groups is 3. The van der Waals surface area contributed by atoms with E-state index in [1.165, 1.54) is 7.11 Å². The normalized spacial score (nSPS) is 15.5. The Bertz CT molecular complexity index is 960. The van der Waals surface area contributed by atoms with Crippen molar-refractivity contribution < 1.29 is 28.6 Å². The fourth-order valence-corrected chi connectivity index (χ4v) is 3.29. The minimum Gasteiger partial charge on any atom is -0.497 e. The van der Waals surface area contributed by atoms with Gasteiger partial charge >= 0.3 is 6.03 Å². The topological polar surface area (TPSA) is 106 Å². The Hall–Kier alpha value is -3.75. The lowest BCUT2D eigenvalue weighted by molar-refractivity contribution is -0.125. The number of benzene rings is 2. The van der Waals surface area contributed by atoms with E-state index in [4.69, 9.17) is 14.2 Å². The van der Waals surface area contributed by atoms with Crippen molar-refractivity contribution in [1.29, 1.82) is 0 Å². The number of hydrogen-bond donors (Lipinski definition) is 2. The second-order valence-corrected chi connectivity index (χ2v) is 6.87. The predicted octanol–water partition coefficient (Wildman–Crippen LogP) is 1.89. The summed E-state index contributed by atoms with van der Waals surface area (Å²) in [4.78, 5) is 38.2. The van der Waals surface area contributed by atoms with Crippen LogP contribution in [0.25, 0.3) is 0 Å². The van der Waals surface area contributed by atoms with Crippen LogP contribution in [0.4, 0.5) is 10.5 Å². The van der Waals surface area contributed by atoms with Crippen LogP contribution in [0.3, 0.4) is 0 Å². The molecule has 2 N–H and O–H groups in total. The van der Waals surface area contributed by atoms with Gasteiger partial charge in [-0.05, 0) is 48.4 Å². The first-order chi connectivity index (χ1) is 15.0. The summed E-state index contributed by atoms with van der Waals surface area (Å²) >= 11 is 0. The fraction of sp³-hybridized carbons (Fsp3) is 0.318. The van der Waals surface area contributed by atoms with Crippen molar-refractivity contribution in [2.75, 3.05) is 32.8 Å². The van der Waals surface area contributed by atoms with Crippen molar-refractivity contribution in [2.24, 2.45) is 0 Å². The Morgan fingerprint density at radius 3 is 2.35 bits per heavy atom. The molecule has 164 valence electrons. The number of methoxy groups -OCH3 is 3. The molecule has 0 radical (unpaired) electrons. The molecule has 9 heteroatoms. The quantitative estimate of drug-likeness (QED) is 0.592. The van der Waals surface area contributed by atoms with Gasteiger partial charge in [0.25, 0.3) is 5.91 Å². The summed E-state index contributed by atoms with van der Waals surface area (Å²) in [5.41, 5.74) is 1.38. The van der Waals surface area contributed by atoms with E-state index in [-0.39, 0.29) is 12.3 Å². The van der Waals surface area contributed by atoms with E-state index >= 15 is 0 Å². The molecular formula is C22H25N3O6. The highest BCUT2D eigenvalue weighted by molar-refractivity contribution is 6.22. The van der Waals surface area contributed by atoms with Crippen molar-refractivity contribution in [3.63, 3.8) is 0 Å². The second-order valence-electron chi connectivity index (χ2n) is 6.87. The summed E-state index contributed by atoms with van der Waals surface area (Å²) in [6.07, 6.45) is 0.443. The van der Waals surface area contributed by atoms with Crippen LogP contribution in [0.5, 0.6) is 17.2 Å². The molecule has 1 atom stereocenters. The first-order valence-electron chi connectivity index (χ1n) is 9.73. The Morgan fingerprint density at radius 1 is 1.00 bits per heavy atom. The van der Waals surface area contributed by atoms with E-state index in [0.29, 0.717) is 35.9 Å². The van der Waals surface area contributed by atoms with Gasteiger partial charge < -0.3 is 24.8 Å². The molecule has 1 aliphatic heterocycles. The molecule has 4 amide bonds. The number of rotatable bonds is 9. The molecule has 2 aromatic rings. The van der Waals surface area contributed by atoms with Crippen LogP contribution in [0.1, 0.15) is 12.0 Å². The molecule has 2 aromatic carbocycles. The van der Waals surface area contributed by atoms with Crippen molar-refractivity contribution in [2.45, 2.75) is 18.9 Å². The van der Waals surface area contributed by atoms with Gasteiger partial charge in [0, 0.05) is 6.54 Å². The standard InChI is InChI=1S/C22H25N3O6/c1-29-16-7-5-15(6-8-16)25-21(27)17(24-22(25)28)13-20(26)23-11-10-14-4-9-18(30-2)19(12-14)31-3/h4-9,12,17H,10-11,13H2,1-3H3,(H,23,26)(H,24,28)/t17-/m1/s1. The van der Waals surface area contributed by atoms with Gasteiger partial charge in [0.2, 0.25) is 5.91 Å². The number of anilines is 1. The summed E-state index contributed by atoms with van der Waals surface area (Å²) < 4.78 is 15.6. The highest BCUT2D eigenvalue weighted by atomic mass is 16.5. The molecule has 0 aromatic heterocycles. The number of imide groups is 1. The molecule has 1 aliphatic rings. The van der Waals surface area contributed by atoms with Crippen LogP contribution >= 0.6 is 0 Å². The van der Waals surface area contributed by atoms with Crippen LogP contribution in [-0.4, -0.2) is 51.8 Å². The lowest BCUT2D eigenvalue weighted by Gasteiger charge is -2.13. The van der Waals surface area contributed by atoms with Gasteiger partial charge in [-0.25, -0.2) is 9.69 Å². The molecular weight excluding hydrogens is 402 g/mol. The highest BCUT2D eigenvalue weighted by Crippen LogP contribution is 2.27. The third kappa shape index (κ3) is 5.06. The van der Waals surface area contributed by atoms with Crippen molar-refractivity contribution in [3.05, 3.63) is 48.0 Å². The highest BCUT2D eigenvalue weighted by Gasteiger charge is 2.40. The molecule has 31 heavy (non-hydrogen) atoms. The number of hydrogen-bond acceptors (Lipinski definition) is 6. The van der Waals surface area contributed by atoms with Crippen molar-refractivity contribution in [1.82, 2.24) is 10.6 Å². The molecule has 1 saturated heterocycles. The van der Waals surface area contributed by atoms with Crippen LogP contribution in [0.2, 0.25) is 0 Å². The second kappa shape index (κ2) is 9.84. The van der Waals surface area contributed by atoms with E-state index in [2.05, 4.69) is 10.6 Å². The minimum atomic E-state index is -0.907. The molecule has 0 unspecified atom stereocenters. The SMILES string of the molecule is COc1ccc(N2C(=O)N[C@H](CC(=O)NCCc3ccc(OC)c(OC)c3)C2=O)cc1. The zero-order chi connectivity index (χ0) is 22.4. The maximum absolute atomic E-state index is 12.6. The van der Waals surface area contributed by atoms with Crippen molar-refractivity contribution in [3.8, 4) is 17.2 Å². The molecule has 3 rings (SSSR count). The number of nitrogens with one attached hydrogen (secondary N) is 2. The van der Waals surface area contributed by atoms with Crippen LogP contribution < -0.4 is 29.7 Å². The molecule has 9 nitrogen and oxygen atoms in total. The average molecular weight is 427 g/mol. The Balaban J connectivity index is 1.52. The molecule has 1 fully saturated rings. The van der Waals surface area contributed by atoms with Crippen LogP contribution in [-0.2, 0) is 16.0 Å². The van der Waals surface area contributed by atoms with Crippen LogP contribution in [0.15, 0.2) is 42.5 Å². The smallest absolute Gasteiger partial charge is 0.329 e. The largest absolute Gasteiger partial charge is 0.497 e. The van der Waals surface area contributed by atoms with Gasteiger partial charge in [-0.3, -0.25) is 9.59 Å². The Labute approximate surface area is 180 Å². The van der Waals surface area contributed by atoms with Gasteiger partial charge in [0.1, 0.15) is 11.8 Å². The van der Waals surface area contributed by atoms with E-state index in [9.17, 15) is 14.4 Å². The monoisotopic (exact) mass is 427 g/mol. The summed E-state index contributed by atoms with van der Waals surface area (Å²) in [6.45, 7) is 0.380. The van der Waals surface area contributed by atoms with Crippen LogP contribution in [0, 0.1) is 0 Å². The Morgan fingerprint density at radius 2 is 1.71 bits per heavy atom. The Kier molecular flexibility index (Phi) is 6.96.